The summed E-state index contributed by atoms with van der Waals surface area (Å²) in [5.41, 5.74) is 0.997. The molecule has 1 aromatic rings. The van der Waals surface area contributed by atoms with Gasteiger partial charge in [0.2, 0.25) is 5.91 Å². The van der Waals surface area contributed by atoms with Crippen molar-refractivity contribution in [1.29, 1.82) is 0 Å². The van der Waals surface area contributed by atoms with E-state index in [1.54, 1.807) is 17.0 Å². The lowest BCUT2D eigenvalue weighted by Crippen LogP contribution is -2.48. The Hall–Kier alpha value is -1.72. The molecule has 2 amide bonds. The molecule has 0 aromatic heterocycles. The van der Waals surface area contributed by atoms with Crippen LogP contribution >= 0.6 is 0 Å². The van der Waals surface area contributed by atoms with E-state index in [2.05, 4.69) is 0 Å². The van der Waals surface area contributed by atoms with Crippen molar-refractivity contribution in [3.8, 4) is 0 Å². The molecule has 1 aromatic carbocycles. The van der Waals surface area contributed by atoms with E-state index in [1.807, 2.05) is 26.0 Å². The number of quaternary nitrogens is 1. The van der Waals surface area contributed by atoms with Crippen LogP contribution in [0.25, 0.3) is 0 Å². The fraction of sp³-hybridized carbons (Fsp3) is 0.500. The normalized spacial score (nSPS) is 27.3. The van der Waals surface area contributed by atoms with Gasteiger partial charge in [-0.1, -0.05) is 32.0 Å². The van der Waals surface area contributed by atoms with Crippen LogP contribution in [0.2, 0.25) is 0 Å². The number of likely N-dealkylation sites (tertiary alicyclic amines) is 1. The van der Waals surface area contributed by atoms with Crippen LogP contribution < -0.4 is 0 Å². The zero-order chi connectivity index (χ0) is 15.3. The summed E-state index contributed by atoms with van der Waals surface area (Å²) in [4.78, 5) is 26.2. The molecule has 0 aliphatic carbocycles. The van der Waals surface area contributed by atoms with Crippen molar-refractivity contribution in [2.45, 2.75) is 26.8 Å². The monoisotopic (exact) mass is 288 g/mol. The van der Waals surface area contributed by atoms with Gasteiger partial charge in [0.25, 0.3) is 0 Å². The summed E-state index contributed by atoms with van der Waals surface area (Å²) >= 11 is 0. The maximum atomic E-state index is 12.8. The first-order valence-corrected chi connectivity index (χ1v) is 7.34. The van der Waals surface area contributed by atoms with Crippen LogP contribution in [-0.4, -0.2) is 41.0 Å². The van der Waals surface area contributed by atoms with Crippen molar-refractivity contribution >= 4 is 11.8 Å². The molecule has 2 aliphatic rings. The lowest BCUT2D eigenvalue weighted by Gasteiger charge is -2.36. The Bertz CT molecular complexity index is 611. The van der Waals surface area contributed by atoms with Gasteiger partial charge in [-0.15, -0.1) is 0 Å². The average Bonchev–Trinajstić information content (AvgIpc) is 2.85. The van der Waals surface area contributed by atoms with E-state index < -0.39 is 4.65 Å². The molecule has 5 nitrogen and oxygen atoms in total. The Balaban J connectivity index is 1.70. The first-order valence-electron chi connectivity index (χ1n) is 7.34. The number of carbonyl (C=O) groups excluding carboxylic acids is 2. The van der Waals surface area contributed by atoms with Gasteiger partial charge >= 0.3 is 5.91 Å². The summed E-state index contributed by atoms with van der Waals surface area (Å²) in [6.45, 7) is 5.19. The fourth-order valence-corrected chi connectivity index (χ4v) is 3.16. The van der Waals surface area contributed by atoms with Crippen LogP contribution in [0.4, 0.5) is 0 Å². The highest BCUT2D eigenvalue weighted by atomic mass is 16.6. The number of benzene rings is 1. The molecule has 5 heteroatoms. The number of carbonyl (C=O) groups is 2. The minimum atomic E-state index is -0.871. The summed E-state index contributed by atoms with van der Waals surface area (Å²) in [5, 5.41) is 12.8. The van der Waals surface area contributed by atoms with Crippen molar-refractivity contribution in [2.75, 3.05) is 19.6 Å². The molecule has 1 fully saturated rings. The zero-order valence-electron chi connectivity index (χ0n) is 12.5. The summed E-state index contributed by atoms with van der Waals surface area (Å²) in [6, 6.07) is 7.15. The Morgan fingerprint density at radius 1 is 1.29 bits per heavy atom. The molecule has 2 aliphatic heterocycles. The molecule has 112 valence electrons. The van der Waals surface area contributed by atoms with Crippen LogP contribution in [0.3, 0.4) is 0 Å². The van der Waals surface area contributed by atoms with E-state index >= 15 is 0 Å². The summed E-state index contributed by atoms with van der Waals surface area (Å²) < 4.78 is -0.871. The third-order valence-corrected chi connectivity index (χ3v) is 4.65. The van der Waals surface area contributed by atoms with E-state index in [4.69, 9.17) is 0 Å². The van der Waals surface area contributed by atoms with Crippen LogP contribution in [0.15, 0.2) is 24.3 Å². The number of rotatable bonds is 3. The van der Waals surface area contributed by atoms with Crippen LogP contribution in [0, 0.1) is 10.6 Å². The second-order valence-corrected chi connectivity index (χ2v) is 6.66. The second kappa shape index (κ2) is 4.64. The van der Waals surface area contributed by atoms with Crippen molar-refractivity contribution < 1.29 is 14.2 Å². The average molecular weight is 288 g/mol. The first-order chi connectivity index (χ1) is 9.83. The standard InChI is InChI=1S/C16H20N2O3/c1-16(2)7-8-17(15(16)20)9-10-18(21)11-12-5-3-4-6-13(12)14(18)19/h3-6H,7-11H2,1-2H3. The highest BCUT2D eigenvalue weighted by Gasteiger charge is 2.42. The van der Waals surface area contributed by atoms with Crippen LogP contribution in [0.1, 0.15) is 36.2 Å². The third kappa shape index (κ3) is 2.26. The Labute approximate surface area is 124 Å². The zero-order valence-corrected chi connectivity index (χ0v) is 12.5. The van der Waals surface area contributed by atoms with Gasteiger partial charge in [0.1, 0.15) is 13.1 Å². The van der Waals surface area contributed by atoms with E-state index in [1.165, 1.54) is 0 Å². The quantitative estimate of drug-likeness (QED) is 0.630. The van der Waals surface area contributed by atoms with Crippen LogP contribution in [0.5, 0.6) is 0 Å². The molecule has 2 heterocycles. The van der Waals surface area contributed by atoms with Crippen LogP contribution in [-0.2, 0) is 11.3 Å². The van der Waals surface area contributed by atoms with Gasteiger partial charge in [-0.25, -0.2) is 4.79 Å². The molecule has 0 N–H and O–H groups in total. The van der Waals surface area contributed by atoms with E-state index in [0.29, 0.717) is 18.7 Å². The van der Waals surface area contributed by atoms with Crippen molar-refractivity contribution in [2.24, 2.45) is 5.41 Å². The summed E-state index contributed by atoms with van der Waals surface area (Å²) in [7, 11) is 0. The number of amides is 2. The predicted molar refractivity (Wildman–Crippen MR) is 77.9 cm³/mol. The fourth-order valence-electron chi connectivity index (χ4n) is 3.16. The molecule has 0 radical (unpaired) electrons. The Kier molecular flexibility index (Phi) is 3.15. The van der Waals surface area contributed by atoms with Crippen molar-refractivity contribution in [3.63, 3.8) is 0 Å². The molecule has 21 heavy (non-hydrogen) atoms. The molecule has 0 saturated carbocycles. The number of nitrogens with zero attached hydrogens (tertiary/aromatic N) is 2. The molecule has 1 atom stereocenters. The maximum absolute atomic E-state index is 12.8. The number of hydrogen-bond donors (Lipinski definition) is 0. The van der Waals surface area contributed by atoms with Crippen molar-refractivity contribution in [3.05, 3.63) is 40.6 Å². The molecule has 1 saturated heterocycles. The SMILES string of the molecule is CC1(C)CCN(CC[N+]2([O-])Cc3ccccc3C2=O)C1=O. The molecule has 3 rings (SSSR count). The van der Waals surface area contributed by atoms with E-state index in [-0.39, 0.29) is 30.3 Å². The maximum Gasteiger partial charge on any atom is 0.346 e. The first kappa shape index (κ1) is 14.2. The van der Waals surface area contributed by atoms with Gasteiger partial charge in [-0.3, -0.25) is 9.44 Å². The van der Waals surface area contributed by atoms with Gasteiger partial charge in [0.15, 0.2) is 0 Å². The molecular formula is C16H20N2O3. The smallest absolute Gasteiger partial charge is 0.346 e. The third-order valence-electron chi connectivity index (χ3n) is 4.65. The lowest BCUT2D eigenvalue weighted by molar-refractivity contribution is -0.806. The van der Waals surface area contributed by atoms with E-state index in [9.17, 15) is 14.8 Å². The number of hydroxylamine groups is 3. The topological polar surface area (TPSA) is 60.4 Å². The molecular weight excluding hydrogens is 268 g/mol. The van der Waals surface area contributed by atoms with Gasteiger partial charge in [0.05, 0.1) is 12.1 Å². The summed E-state index contributed by atoms with van der Waals surface area (Å²) in [6.07, 6.45) is 0.804. The van der Waals surface area contributed by atoms with Gasteiger partial charge in [-0.2, -0.15) is 0 Å². The Morgan fingerprint density at radius 2 is 2.00 bits per heavy atom. The van der Waals surface area contributed by atoms with Gasteiger partial charge in [-0.05, 0) is 12.5 Å². The highest BCUT2D eigenvalue weighted by molar-refractivity contribution is 5.93. The second-order valence-electron chi connectivity index (χ2n) is 6.66. The van der Waals surface area contributed by atoms with Gasteiger partial charge in [0, 0.05) is 17.5 Å². The predicted octanol–water partition coefficient (Wildman–Crippen LogP) is 1.91. The van der Waals surface area contributed by atoms with Gasteiger partial charge < -0.3 is 10.1 Å². The highest BCUT2D eigenvalue weighted by Crippen LogP contribution is 2.32. The lowest BCUT2D eigenvalue weighted by atomic mass is 9.92. The minimum absolute atomic E-state index is 0.0817. The number of hydrogen-bond acceptors (Lipinski definition) is 3. The van der Waals surface area contributed by atoms with Crippen molar-refractivity contribution in [1.82, 2.24) is 4.90 Å². The minimum Gasteiger partial charge on any atom is -0.625 e. The number of fused-ring (bicyclic) bond motifs is 1. The summed E-state index contributed by atoms with van der Waals surface area (Å²) in [5.74, 6) is -0.297. The van der Waals surface area contributed by atoms with E-state index in [0.717, 1.165) is 12.0 Å². The molecule has 0 spiro atoms. The molecule has 1 unspecified atom stereocenters. The largest absolute Gasteiger partial charge is 0.625 e. The Morgan fingerprint density at radius 3 is 2.62 bits per heavy atom. The molecule has 0 bridgehead atoms.